The number of fused-ring (bicyclic) bond motifs is 1. The molecular weight excluding hydrogens is 388 g/mol. The van der Waals surface area contributed by atoms with Crippen LogP contribution in [0.15, 0.2) is 47.2 Å². The van der Waals surface area contributed by atoms with E-state index in [1.165, 1.54) is 14.0 Å². The summed E-state index contributed by atoms with van der Waals surface area (Å²) >= 11 is 3.37. The Labute approximate surface area is 152 Å². The van der Waals surface area contributed by atoms with Gasteiger partial charge in [0.15, 0.2) is 11.4 Å². The van der Waals surface area contributed by atoms with E-state index in [1.807, 2.05) is 0 Å². The van der Waals surface area contributed by atoms with Gasteiger partial charge in [-0.15, -0.1) is 0 Å². The molecule has 2 aromatic heterocycles. The van der Waals surface area contributed by atoms with Gasteiger partial charge in [0.2, 0.25) is 0 Å². The van der Waals surface area contributed by atoms with E-state index < -0.39 is 5.97 Å². The highest BCUT2D eigenvalue weighted by atomic mass is 79.9. The minimum atomic E-state index is -0.450. The molecule has 0 aliphatic rings. The topological polar surface area (TPSA) is 69.9 Å². The van der Waals surface area contributed by atoms with Crippen LogP contribution < -0.4 is 4.74 Å². The summed E-state index contributed by atoms with van der Waals surface area (Å²) in [5, 5.41) is 0. The van der Waals surface area contributed by atoms with Gasteiger partial charge in [0, 0.05) is 16.9 Å². The number of benzene rings is 1. The lowest BCUT2D eigenvalue weighted by atomic mass is 10.1. The third kappa shape index (κ3) is 3.56. The number of imidazole rings is 1. The molecule has 0 amide bonds. The Kier molecular flexibility index (Phi) is 4.85. The van der Waals surface area contributed by atoms with E-state index in [0.717, 1.165) is 4.47 Å². The van der Waals surface area contributed by atoms with Gasteiger partial charge in [-0.05, 0) is 37.3 Å². The molecule has 3 rings (SSSR count). The number of Topliss-reactive ketones (excluding diaryl/α,β-unsaturated/α-hetero) is 1. The van der Waals surface area contributed by atoms with Crippen LogP contribution in [0.25, 0.3) is 5.65 Å². The van der Waals surface area contributed by atoms with Gasteiger partial charge < -0.3 is 13.9 Å². The number of ketones is 1. The summed E-state index contributed by atoms with van der Waals surface area (Å²) in [6.07, 6.45) is 3.56. The van der Waals surface area contributed by atoms with Gasteiger partial charge in [0.1, 0.15) is 17.9 Å². The van der Waals surface area contributed by atoms with Crippen LogP contribution in [0, 0.1) is 0 Å². The van der Waals surface area contributed by atoms with Gasteiger partial charge in [-0.2, -0.15) is 0 Å². The van der Waals surface area contributed by atoms with E-state index in [4.69, 9.17) is 9.47 Å². The van der Waals surface area contributed by atoms with Crippen LogP contribution in [0.3, 0.4) is 0 Å². The Morgan fingerprint density at radius 3 is 2.76 bits per heavy atom. The van der Waals surface area contributed by atoms with E-state index in [0.29, 0.717) is 28.2 Å². The first-order chi connectivity index (χ1) is 12.0. The van der Waals surface area contributed by atoms with Crippen molar-refractivity contribution in [1.82, 2.24) is 9.38 Å². The van der Waals surface area contributed by atoms with Gasteiger partial charge in [-0.25, -0.2) is 9.78 Å². The smallest absolute Gasteiger partial charge is 0.341 e. The largest absolute Gasteiger partial charge is 0.486 e. The maximum Gasteiger partial charge on any atom is 0.341 e. The maximum absolute atomic E-state index is 11.8. The van der Waals surface area contributed by atoms with Crippen LogP contribution in [-0.2, 0) is 11.3 Å². The average Bonchev–Trinajstić information content (AvgIpc) is 3.02. The van der Waals surface area contributed by atoms with Crippen LogP contribution in [0.1, 0.15) is 33.3 Å². The number of hydrogen-bond donors (Lipinski definition) is 0. The zero-order valence-electron chi connectivity index (χ0n) is 13.7. The summed E-state index contributed by atoms with van der Waals surface area (Å²) in [6.45, 7) is 1.66. The first kappa shape index (κ1) is 17.2. The summed E-state index contributed by atoms with van der Waals surface area (Å²) < 4.78 is 13.1. The summed E-state index contributed by atoms with van der Waals surface area (Å²) in [6, 6.07) is 8.64. The number of methoxy groups -OCH3 is 1. The van der Waals surface area contributed by atoms with Gasteiger partial charge >= 0.3 is 5.97 Å². The number of ether oxygens (including phenoxy) is 2. The monoisotopic (exact) mass is 402 g/mol. The molecule has 0 spiro atoms. The fraction of sp³-hybridized carbons (Fsp3) is 0.167. The Balaban J connectivity index is 1.89. The number of pyridine rings is 1. The van der Waals surface area contributed by atoms with Crippen molar-refractivity contribution in [3.63, 3.8) is 0 Å². The highest BCUT2D eigenvalue weighted by molar-refractivity contribution is 9.10. The SMILES string of the molecule is COC(=O)c1cccn2cc(COc3cc(Br)ccc3C(C)=O)nc12. The van der Waals surface area contributed by atoms with Gasteiger partial charge in [0.25, 0.3) is 0 Å². The second-order valence-electron chi connectivity index (χ2n) is 5.36. The van der Waals surface area contributed by atoms with Crippen LogP contribution in [-0.4, -0.2) is 28.2 Å². The van der Waals surface area contributed by atoms with Crippen molar-refractivity contribution in [3.8, 4) is 5.75 Å². The van der Waals surface area contributed by atoms with Gasteiger partial charge in [-0.3, -0.25) is 4.79 Å². The van der Waals surface area contributed by atoms with E-state index >= 15 is 0 Å². The number of carbonyl (C=O) groups excluding carboxylic acids is 2. The molecule has 25 heavy (non-hydrogen) atoms. The Morgan fingerprint density at radius 1 is 1.24 bits per heavy atom. The third-order valence-corrected chi connectivity index (χ3v) is 4.13. The maximum atomic E-state index is 11.8. The molecule has 0 unspecified atom stereocenters. The van der Waals surface area contributed by atoms with Crippen LogP contribution in [0.2, 0.25) is 0 Å². The Hall–Kier alpha value is -2.67. The minimum absolute atomic E-state index is 0.0783. The number of carbonyl (C=O) groups is 2. The first-order valence-electron chi connectivity index (χ1n) is 7.48. The van der Waals surface area contributed by atoms with Crippen LogP contribution >= 0.6 is 15.9 Å². The second kappa shape index (κ2) is 7.06. The molecular formula is C18H15BrN2O4. The van der Waals surface area contributed by atoms with Gasteiger partial charge in [-0.1, -0.05) is 15.9 Å². The molecule has 0 N–H and O–H groups in total. The fourth-order valence-electron chi connectivity index (χ4n) is 2.46. The summed E-state index contributed by atoms with van der Waals surface area (Å²) in [4.78, 5) is 28.0. The zero-order chi connectivity index (χ0) is 18.0. The normalized spacial score (nSPS) is 10.7. The molecule has 0 saturated carbocycles. The standard InChI is InChI=1S/C18H15BrN2O4/c1-11(22)14-6-5-12(19)8-16(14)25-10-13-9-21-7-3-4-15(17(21)20-13)18(23)24-2/h3-9H,10H2,1-2H3. The number of rotatable bonds is 5. The lowest BCUT2D eigenvalue weighted by Crippen LogP contribution is -2.04. The van der Waals surface area contributed by atoms with E-state index in [-0.39, 0.29) is 12.4 Å². The number of halogens is 1. The Morgan fingerprint density at radius 2 is 2.04 bits per heavy atom. The number of nitrogens with zero attached hydrogens (tertiary/aromatic N) is 2. The van der Waals surface area contributed by atoms with E-state index in [2.05, 4.69) is 20.9 Å². The number of esters is 1. The van der Waals surface area contributed by atoms with Crippen LogP contribution in [0.5, 0.6) is 5.75 Å². The highest BCUT2D eigenvalue weighted by Gasteiger charge is 2.14. The molecule has 1 aromatic carbocycles. The molecule has 3 aromatic rings. The second-order valence-corrected chi connectivity index (χ2v) is 6.28. The van der Waals surface area contributed by atoms with Gasteiger partial charge in [0.05, 0.1) is 18.4 Å². The van der Waals surface area contributed by atoms with Crippen molar-refractivity contribution in [2.45, 2.75) is 13.5 Å². The van der Waals surface area contributed by atoms with Crippen molar-refractivity contribution in [3.05, 3.63) is 64.0 Å². The number of aromatic nitrogens is 2. The molecule has 0 radical (unpaired) electrons. The summed E-state index contributed by atoms with van der Waals surface area (Å²) in [7, 11) is 1.33. The number of hydrogen-bond acceptors (Lipinski definition) is 5. The molecule has 7 heteroatoms. The molecule has 0 aliphatic carbocycles. The quantitative estimate of drug-likeness (QED) is 0.480. The lowest BCUT2D eigenvalue weighted by molar-refractivity contribution is 0.0602. The predicted octanol–water partition coefficient (Wildman–Crippen LogP) is 3.67. The zero-order valence-corrected chi connectivity index (χ0v) is 15.2. The van der Waals surface area contributed by atoms with E-state index in [1.54, 1.807) is 47.1 Å². The van der Waals surface area contributed by atoms with Crippen molar-refractivity contribution in [1.29, 1.82) is 0 Å². The molecule has 0 aliphatic heterocycles. The van der Waals surface area contributed by atoms with Crippen molar-refractivity contribution in [2.24, 2.45) is 0 Å². The fourth-order valence-corrected chi connectivity index (χ4v) is 2.80. The molecule has 0 saturated heterocycles. The first-order valence-corrected chi connectivity index (χ1v) is 8.27. The van der Waals surface area contributed by atoms with Crippen molar-refractivity contribution < 1.29 is 19.1 Å². The molecule has 2 heterocycles. The highest BCUT2D eigenvalue weighted by Crippen LogP contribution is 2.25. The Bertz CT molecular complexity index is 965. The molecule has 0 atom stereocenters. The van der Waals surface area contributed by atoms with Crippen LogP contribution in [0.4, 0.5) is 0 Å². The van der Waals surface area contributed by atoms with Crippen molar-refractivity contribution in [2.75, 3.05) is 7.11 Å². The molecule has 0 fully saturated rings. The third-order valence-electron chi connectivity index (χ3n) is 3.64. The predicted molar refractivity (Wildman–Crippen MR) is 95.0 cm³/mol. The summed E-state index contributed by atoms with van der Waals surface area (Å²) in [5.74, 6) is -0.0490. The molecule has 6 nitrogen and oxygen atoms in total. The molecule has 128 valence electrons. The lowest BCUT2D eigenvalue weighted by Gasteiger charge is -2.09. The molecule has 0 bridgehead atoms. The average molecular weight is 403 g/mol. The van der Waals surface area contributed by atoms with Crippen molar-refractivity contribution >= 4 is 33.3 Å². The van der Waals surface area contributed by atoms with E-state index in [9.17, 15) is 9.59 Å². The summed E-state index contributed by atoms with van der Waals surface area (Å²) in [5.41, 5.74) is 2.00. The minimum Gasteiger partial charge on any atom is -0.486 e.